The largest absolute Gasteiger partial charge is 0.297 e. The number of nitrogens with one attached hydrogen (secondary N) is 1. The second kappa shape index (κ2) is 3.58. The van der Waals surface area contributed by atoms with E-state index in [0.717, 1.165) is 16.3 Å². The van der Waals surface area contributed by atoms with Crippen molar-refractivity contribution in [3.8, 4) is 0 Å². The van der Waals surface area contributed by atoms with Gasteiger partial charge in [-0.15, -0.1) is 5.12 Å². The van der Waals surface area contributed by atoms with Gasteiger partial charge in [-0.3, -0.25) is 9.91 Å². The van der Waals surface area contributed by atoms with E-state index >= 15 is 0 Å². The number of carbonyl (C=O) groups excluding carboxylic acids is 1. The van der Waals surface area contributed by atoms with E-state index in [9.17, 15) is 4.79 Å². The molecule has 3 aliphatic rings. The number of aliphatic imine (C=N–C) groups is 1. The zero-order valence-electron chi connectivity index (χ0n) is 10.7. The van der Waals surface area contributed by atoms with E-state index in [1.165, 1.54) is 0 Å². The van der Waals surface area contributed by atoms with Crippen molar-refractivity contribution in [3.63, 3.8) is 0 Å². The molecule has 2 heterocycles. The van der Waals surface area contributed by atoms with E-state index in [1.54, 1.807) is 0 Å². The molecule has 0 spiro atoms. The lowest BCUT2D eigenvalue weighted by Crippen LogP contribution is -3.06. The number of nitrogens with zero attached hydrogens (tertiary/aromatic N) is 5. The van der Waals surface area contributed by atoms with Crippen LogP contribution in [0.25, 0.3) is 16.3 Å². The molecule has 2 aromatic carbocycles. The molecule has 0 bridgehead atoms. The number of ketones is 1. The summed E-state index contributed by atoms with van der Waals surface area (Å²) in [6, 6.07) is 11.8. The summed E-state index contributed by atoms with van der Waals surface area (Å²) < 4.78 is 0. The zero-order valence-corrected chi connectivity index (χ0v) is 10.7. The van der Waals surface area contributed by atoms with Gasteiger partial charge in [0.15, 0.2) is 5.71 Å². The summed E-state index contributed by atoms with van der Waals surface area (Å²) >= 11 is 0. The molecule has 2 aliphatic heterocycles. The van der Waals surface area contributed by atoms with Gasteiger partial charge in [0, 0.05) is 11.1 Å². The first-order valence-electron chi connectivity index (χ1n) is 6.54. The van der Waals surface area contributed by atoms with Gasteiger partial charge in [0.2, 0.25) is 12.1 Å². The maximum Gasteiger partial charge on any atom is 0.247 e. The van der Waals surface area contributed by atoms with Gasteiger partial charge in [0.1, 0.15) is 5.71 Å². The van der Waals surface area contributed by atoms with E-state index in [1.807, 2.05) is 36.4 Å². The summed E-state index contributed by atoms with van der Waals surface area (Å²) in [6.07, 6.45) is -0.506. The monoisotopic (exact) mass is 276 g/mol. The van der Waals surface area contributed by atoms with Crippen molar-refractivity contribution in [2.45, 2.75) is 6.29 Å². The van der Waals surface area contributed by atoms with Crippen molar-refractivity contribution < 1.29 is 9.91 Å². The van der Waals surface area contributed by atoms with Crippen molar-refractivity contribution in [1.82, 2.24) is 0 Å². The second-order valence-electron chi connectivity index (χ2n) is 5.05. The Morgan fingerprint density at radius 1 is 1.05 bits per heavy atom. The van der Waals surface area contributed by atoms with Crippen LogP contribution in [0.3, 0.4) is 0 Å². The van der Waals surface area contributed by atoms with Crippen molar-refractivity contribution in [1.29, 1.82) is 0 Å². The topological polar surface area (TPSA) is 85.0 Å². The number of fused-ring (bicyclic) bond motifs is 5. The van der Waals surface area contributed by atoms with Crippen LogP contribution >= 0.6 is 0 Å². The van der Waals surface area contributed by atoms with E-state index in [2.05, 4.69) is 26.0 Å². The Kier molecular flexibility index (Phi) is 1.84. The van der Waals surface area contributed by atoms with Gasteiger partial charge < -0.3 is 0 Å². The van der Waals surface area contributed by atoms with Gasteiger partial charge in [0.05, 0.1) is 0 Å². The number of rotatable bonds is 0. The fraction of sp³-hybridized carbons (Fsp3) is 0.0714. The van der Waals surface area contributed by atoms with Crippen molar-refractivity contribution in [2.24, 2.45) is 20.4 Å². The maximum atomic E-state index is 12.5. The predicted molar refractivity (Wildman–Crippen MR) is 75.2 cm³/mol. The van der Waals surface area contributed by atoms with Crippen LogP contribution in [0, 0.1) is 0 Å². The molecule has 100 valence electrons. The van der Waals surface area contributed by atoms with Crippen LogP contribution in [0.5, 0.6) is 0 Å². The number of benzene rings is 2. The van der Waals surface area contributed by atoms with Crippen LogP contribution in [-0.2, 0) is 0 Å². The molecular weight excluding hydrogens is 268 g/mol. The van der Waals surface area contributed by atoms with Gasteiger partial charge >= 0.3 is 0 Å². The SMILES string of the molecule is O=C1C2=N[NH+]3[N-]N=NC3N=C2c2cc3ccccc3cc21. The maximum absolute atomic E-state index is 12.5. The molecule has 5 rings (SSSR count). The molecule has 7 nitrogen and oxygen atoms in total. The molecule has 21 heavy (non-hydrogen) atoms. The Balaban J connectivity index is 1.80. The number of hydrogen-bond donors (Lipinski definition) is 1. The lowest BCUT2D eigenvalue weighted by Gasteiger charge is -2.18. The van der Waals surface area contributed by atoms with E-state index in [-0.39, 0.29) is 5.78 Å². The minimum atomic E-state index is -0.506. The molecule has 2 atom stereocenters. The number of quaternary nitrogens is 1. The smallest absolute Gasteiger partial charge is 0.247 e. The minimum Gasteiger partial charge on any atom is -0.297 e. The van der Waals surface area contributed by atoms with Crippen LogP contribution in [0.2, 0.25) is 0 Å². The molecule has 0 fully saturated rings. The molecular formula is C14H8N6O. The highest BCUT2D eigenvalue weighted by molar-refractivity contribution is 6.78. The lowest BCUT2D eigenvalue weighted by molar-refractivity contribution is -0.888. The Labute approximate surface area is 118 Å². The normalized spacial score (nSPS) is 25.0. The minimum absolute atomic E-state index is 0.109. The van der Waals surface area contributed by atoms with Crippen LogP contribution < -0.4 is 5.12 Å². The molecule has 2 aromatic rings. The van der Waals surface area contributed by atoms with E-state index in [4.69, 9.17) is 0 Å². The Bertz CT molecular complexity index is 913. The van der Waals surface area contributed by atoms with Crippen LogP contribution in [0.4, 0.5) is 0 Å². The Morgan fingerprint density at radius 3 is 2.62 bits per heavy atom. The van der Waals surface area contributed by atoms with Gasteiger partial charge in [-0.25, -0.2) is 10.2 Å². The van der Waals surface area contributed by atoms with Crippen molar-refractivity contribution in [2.75, 3.05) is 0 Å². The molecule has 0 radical (unpaired) electrons. The molecule has 7 heteroatoms. The van der Waals surface area contributed by atoms with Gasteiger partial charge in [-0.2, -0.15) is 5.53 Å². The highest BCUT2D eigenvalue weighted by Gasteiger charge is 2.40. The third kappa shape index (κ3) is 1.33. The zero-order chi connectivity index (χ0) is 14.0. The van der Waals surface area contributed by atoms with Gasteiger partial charge in [-0.05, 0) is 22.9 Å². The summed E-state index contributed by atoms with van der Waals surface area (Å²) in [5, 5.41) is 14.2. The molecule has 0 aromatic heterocycles. The third-order valence-corrected chi connectivity index (χ3v) is 3.84. The van der Waals surface area contributed by atoms with Gasteiger partial charge in [-0.1, -0.05) is 29.4 Å². The molecule has 0 amide bonds. The number of hydrogen-bond acceptors (Lipinski definition) is 5. The summed E-state index contributed by atoms with van der Waals surface area (Å²) in [6.45, 7) is 0. The highest BCUT2D eigenvalue weighted by atomic mass is 16.1. The van der Waals surface area contributed by atoms with Crippen LogP contribution in [-0.4, -0.2) is 23.5 Å². The Hall–Kier alpha value is -2.93. The summed E-state index contributed by atoms with van der Waals surface area (Å²) in [5.41, 5.74) is 6.21. The molecule has 1 N–H and O–H groups in total. The summed E-state index contributed by atoms with van der Waals surface area (Å²) in [7, 11) is 0. The first kappa shape index (κ1) is 10.8. The molecule has 1 aliphatic carbocycles. The van der Waals surface area contributed by atoms with Crippen molar-refractivity contribution in [3.05, 3.63) is 53.1 Å². The average Bonchev–Trinajstić information content (AvgIpc) is 3.08. The fourth-order valence-electron chi connectivity index (χ4n) is 2.85. The van der Waals surface area contributed by atoms with E-state index < -0.39 is 6.29 Å². The second-order valence-corrected chi connectivity index (χ2v) is 5.05. The van der Waals surface area contributed by atoms with E-state index in [0.29, 0.717) is 22.1 Å². The Morgan fingerprint density at radius 2 is 1.81 bits per heavy atom. The predicted octanol–water partition coefficient (Wildman–Crippen LogP) is 1.03. The molecule has 0 saturated heterocycles. The number of Topliss-reactive ketones (excluding diaryl/α,β-unsaturated/α-hetero) is 1. The standard InChI is InChI=1S/C14H8N6O/c21-13-10-6-8-4-2-1-3-7(8)5-9(10)11-12(13)17-20-14(15-11)16-18-19-20/h1-6,14,20H. The number of carbonyl (C=O) groups is 1. The molecule has 2 unspecified atom stereocenters. The molecule has 0 saturated carbocycles. The first-order valence-corrected chi connectivity index (χ1v) is 6.54. The quantitative estimate of drug-likeness (QED) is 0.765. The fourth-order valence-corrected chi connectivity index (χ4v) is 2.85. The van der Waals surface area contributed by atoms with Crippen molar-refractivity contribution >= 4 is 28.0 Å². The third-order valence-electron chi connectivity index (χ3n) is 3.84. The average molecular weight is 276 g/mol. The summed E-state index contributed by atoms with van der Waals surface area (Å²) in [5.74, 6) is -0.109. The van der Waals surface area contributed by atoms with Crippen LogP contribution in [0.15, 0.2) is 56.8 Å². The van der Waals surface area contributed by atoms with Crippen LogP contribution in [0.1, 0.15) is 15.9 Å². The van der Waals surface area contributed by atoms with Gasteiger partial charge in [0.25, 0.3) is 0 Å². The lowest BCUT2D eigenvalue weighted by atomic mass is 10.0. The first-order chi connectivity index (χ1) is 10.3. The summed E-state index contributed by atoms with van der Waals surface area (Å²) in [4.78, 5) is 17.0. The highest BCUT2D eigenvalue weighted by Crippen LogP contribution is 2.28.